The molecule has 1 aliphatic heterocycles. The molecule has 1 aromatic rings. The molecule has 0 radical (unpaired) electrons. The summed E-state index contributed by atoms with van der Waals surface area (Å²) in [5, 5.41) is 0. The smallest absolute Gasteiger partial charge is 0.308 e. The molecule has 138 valence electrons. The number of ether oxygens (including phenoxy) is 3. The largest absolute Gasteiger partial charge is 0.496 e. The SMILES string of the molecule is CCC[C@@H]1O[C@@H](CC(=O)OC)CC2=C1C(=O)c1c(OC)cccc1C2=O. The molecule has 3 rings (SSSR count). The molecule has 2 atom stereocenters. The topological polar surface area (TPSA) is 78.9 Å². The lowest BCUT2D eigenvalue weighted by Gasteiger charge is -2.35. The molecule has 0 amide bonds. The van der Waals surface area contributed by atoms with Crippen molar-refractivity contribution in [1.82, 2.24) is 0 Å². The summed E-state index contributed by atoms with van der Waals surface area (Å²) in [6.45, 7) is 1.98. The van der Waals surface area contributed by atoms with Crippen LogP contribution >= 0.6 is 0 Å². The maximum Gasteiger partial charge on any atom is 0.308 e. The normalized spacial score (nSPS) is 22.0. The van der Waals surface area contributed by atoms with Crippen LogP contribution in [-0.4, -0.2) is 44.0 Å². The molecule has 6 nitrogen and oxygen atoms in total. The van der Waals surface area contributed by atoms with Crippen LogP contribution in [0.15, 0.2) is 29.3 Å². The van der Waals surface area contributed by atoms with Gasteiger partial charge in [-0.1, -0.05) is 25.5 Å². The Morgan fingerprint density at radius 1 is 1.23 bits per heavy atom. The van der Waals surface area contributed by atoms with Gasteiger partial charge in [0.15, 0.2) is 11.6 Å². The minimum absolute atomic E-state index is 0.0555. The lowest BCUT2D eigenvalue weighted by atomic mass is 9.77. The highest BCUT2D eigenvalue weighted by Crippen LogP contribution is 2.40. The number of rotatable bonds is 5. The van der Waals surface area contributed by atoms with Crippen molar-refractivity contribution in [3.63, 3.8) is 0 Å². The first kappa shape index (κ1) is 18.3. The zero-order valence-electron chi connectivity index (χ0n) is 15.2. The van der Waals surface area contributed by atoms with E-state index in [9.17, 15) is 14.4 Å². The Balaban J connectivity index is 2.06. The van der Waals surface area contributed by atoms with Crippen molar-refractivity contribution >= 4 is 17.5 Å². The summed E-state index contributed by atoms with van der Waals surface area (Å²) in [7, 11) is 2.79. The molecule has 6 heteroatoms. The lowest BCUT2D eigenvalue weighted by Crippen LogP contribution is -2.39. The zero-order valence-corrected chi connectivity index (χ0v) is 15.2. The number of ketones is 2. The monoisotopic (exact) mass is 358 g/mol. The Kier molecular flexibility index (Phi) is 5.23. The molecule has 0 saturated carbocycles. The van der Waals surface area contributed by atoms with E-state index in [1.54, 1.807) is 18.2 Å². The summed E-state index contributed by atoms with van der Waals surface area (Å²) < 4.78 is 16.0. The predicted molar refractivity (Wildman–Crippen MR) is 93.5 cm³/mol. The van der Waals surface area contributed by atoms with Crippen LogP contribution in [0.2, 0.25) is 0 Å². The van der Waals surface area contributed by atoms with E-state index >= 15 is 0 Å². The van der Waals surface area contributed by atoms with Gasteiger partial charge in [-0.05, 0) is 12.5 Å². The Bertz CT molecular complexity index is 791. The van der Waals surface area contributed by atoms with E-state index in [2.05, 4.69) is 0 Å². The first-order chi connectivity index (χ1) is 12.5. The Morgan fingerprint density at radius 2 is 2.00 bits per heavy atom. The van der Waals surface area contributed by atoms with Crippen LogP contribution in [0.5, 0.6) is 5.75 Å². The number of carbonyl (C=O) groups is 3. The molecular weight excluding hydrogens is 336 g/mol. The van der Waals surface area contributed by atoms with Gasteiger partial charge in [0.2, 0.25) is 0 Å². The van der Waals surface area contributed by atoms with Crippen molar-refractivity contribution in [3.8, 4) is 5.75 Å². The van der Waals surface area contributed by atoms with Gasteiger partial charge in [-0.3, -0.25) is 14.4 Å². The van der Waals surface area contributed by atoms with Gasteiger partial charge in [-0.25, -0.2) is 0 Å². The molecule has 0 aromatic heterocycles. The molecule has 0 fully saturated rings. The molecule has 0 bridgehead atoms. The van der Waals surface area contributed by atoms with Crippen LogP contribution in [0.3, 0.4) is 0 Å². The molecular formula is C20H22O6. The second-order valence-electron chi connectivity index (χ2n) is 6.45. The number of hydrogen-bond donors (Lipinski definition) is 0. The third-order valence-corrected chi connectivity index (χ3v) is 4.85. The highest BCUT2D eigenvalue weighted by atomic mass is 16.5. The van der Waals surface area contributed by atoms with Crippen molar-refractivity contribution in [1.29, 1.82) is 0 Å². The predicted octanol–water partition coefficient (Wildman–Crippen LogP) is 2.89. The standard InChI is InChI=1S/C20H22O6/c1-4-6-15-18-13(9-11(26-15)10-16(21)25-3)19(22)12-7-5-8-14(24-2)17(12)20(18)23/h5,7-8,11,15H,4,6,9-10H2,1-3H3/t11-,15+/m1/s1. The molecule has 1 aromatic carbocycles. The minimum atomic E-state index is -0.507. The number of hydrogen-bond acceptors (Lipinski definition) is 6. The fraction of sp³-hybridized carbons (Fsp3) is 0.450. The van der Waals surface area contributed by atoms with Crippen LogP contribution in [-0.2, 0) is 14.3 Å². The van der Waals surface area contributed by atoms with Crippen LogP contribution in [0.1, 0.15) is 53.3 Å². The second kappa shape index (κ2) is 7.41. The van der Waals surface area contributed by atoms with Crippen LogP contribution in [0, 0.1) is 0 Å². The quantitative estimate of drug-likeness (QED) is 0.753. The Hall–Kier alpha value is -2.47. The molecule has 0 spiro atoms. The van der Waals surface area contributed by atoms with E-state index < -0.39 is 18.2 Å². The van der Waals surface area contributed by atoms with E-state index in [0.29, 0.717) is 34.4 Å². The third-order valence-electron chi connectivity index (χ3n) is 4.85. The molecule has 2 aliphatic rings. The van der Waals surface area contributed by atoms with Crippen LogP contribution in [0.4, 0.5) is 0 Å². The lowest BCUT2D eigenvalue weighted by molar-refractivity contribution is -0.145. The summed E-state index contributed by atoms with van der Waals surface area (Å²) in [5.74, 6) is -0.417. The maximum atomic E-state index is 13.2. The van der Waals surface area contributed by atoms with E-state index in [0.717, 1.165) is 6.42 Å². The van der Waals surface area contributed by atoms with Crippen molar-refractivity contribution in [3.05, 3.63) is 40.5 Å². The molecule has 1 aliphatic carbocycles. The maximum absolute atomic E-state index is 13.2. The van der Waals surface area contributed by atoms with Gasteiger partial charge < -0.3 is 14.2 Å². The number of fused-ring (bicyclic) bond motifs is 1. The first-order valence-corrected chi connectivity index (χ1v) is 8.73. The van der Waals surface area contributed by atoms with Crippen molar-refractivity contribution in [2.75, 3.05) is 14.2 Å². The van der Waals surface area contributed by atoms with E-state index in [-0.39, 0.29) is 24.4 Å². The van der Waals surface area contributed by atoms with E-state index in [1.807, 2.05) is 6.92 Å². The molecule has 26 heavy (non-hydrogen) atoms. The highest BCUT2D eigenvalue weighted by Gasteiger charge is 2.42. The summed E-state index contributed by atoms with van der Waals surface area (Å²) in [4.78, 5) is 37.9. The molecule has 0 N–H and O–H groups in total. The molecule has 1 heterocycles. The van der Waals surface area contributed by atoms with Crippen LogP contribution in [0.25, 0.3) is 0 Å². The van der Waals surface area contributed by atoms with Gasteiger partial charge in [-0.2, -0.15) is 0 Å². The highest BCUT2D eigenvalue weighted by molar-refractivity contribution is 6.28. The van der Waals surface area contributed by atoms with E-state index in [1.165, 1.54) is 14.2 Å². The van der Waals surface area contributed by atoms with Gasteiger partial charge in [0.05, 0.1) is 38.4 Å². The van der Waals surface area contributed by atoms with Gasteiger partial charge in [0.25, 0.3) is 0 Å². The summed E-state index contributed by atoms with van der Waals surface area (Å²) in [6.07, 6.45) is 0.688. The van der Waals surface area contributed by atoms with Crippen LogP contribution < -0.4 is 4.74 Å². The Morgan fingerprint density at radius 3 is 2.65 bits per heavy atom. The Labute approximate surface area is 152 Å². The molecule has 0 unspecified atom stereocenters. The van der Waals surface area contributed by atoms with Crippen molar-refractivity contribution in [2.45, 2.75) is 44.8 Å². The summed E-state index contributed by atoms with van der Waals surface area (Å²) in [5.41, 5.74) is 1.52. The first-order valence-electron chi connectivity index (χ1n) is 8.73. The van der Waals surface area contributed by atoms with Crippen molar-refractivity contribution in [2.24, 2.45) is 0 Å². The fourth-order valence-electron chi connectivity index (χ4n) is 3.66. The average Bonchev–Trinajstić information content (AvgIpc) is 2.65. The number of methoxy groups -OCH3 is 2. The fourth-order valence-corrected chi connectivity index (χ4v) is 3.66. The third kappa shape index (κ3) is 3.05. The molecule has 0 saturated heterocycles. The van der Waals surface area contributed by atoms with Crippen molar-refractivity contribution < 1.29 is 28.6 Å². The van der Waals surface area contributed by atoms with E-state index in [4.69, 9.17) is 14.2 Å². The van der Waals surface area contributed by atoms with Gasteiger partial charge in [0.1, 0.15) is 5.75 Å². The van der Waals surface area contributed by atoms with Gasteiger partial charge in [-0.15, -0.1) is 0 Å². The van der Waals surface area contributed by atoms with Gasteiger partial charge >= 0.3 is 5.97 Å². The number of esters is 1. The number of carbonyl (C=O) groups excluding carboxylic acids is 3. The second-order valence-corrected chi connectivity index (χ2v) is 6.45. The minimum Gasteiger partial charge on any atom is -0.496 e. The number of Topliss-reactive ketones (excluding diaryl/α,β-unsaturated/α-hetero) is 2. The van der Waals surface area contributed by atoms with Gasteiger partial charge in [0, 0.05) is 23.1 Å². The number of benzene rings is 1. The zero-order chi connectivity index (χ0) is 18.8. The average molecular weight is 358 g/mol. The summed E-state index contributed by atoms with van der Waals surface area (Å²) in [6, 6.07) is 5.01. The summed E-state index contributed by atoms with van der Waals surface area (Å²) >= 11 is 0.